The van der Waals surface area contributed by atoms with Crippen molar-refractivity contribution in [3.63, 3.8) is 0 Å². The van der Waals surface area contributed by atoms with Crippen LogP contribution in [0.25, 0.3) is 0 Å². The summed E-state index contributed by atoms with van der Waals surface area (Å²) in [4.78, 5) is 26.6. The summed E-state index contributed by atoms with van der Waals surface area (Å²) in [5, 5.41) is 14.3. The molecule has 0 bridgehead atoms. The van der Waals surface area contributed by atoms with Gasteiger partial charge in [-0.25, -0.2) is 14.2 Å². The molecule has 0 saturated heterocycles. The van der Waals surface area contributed by atoms with Gasteiger partial charge in [0.2, 0.25) is 5.88 Å². The van der Waals surface area contributed by atoms with Gasteiger partial charge < -0.3 is 20.5 Å². The summed E-state index contributed by atoms with van der Waals surface area (Å²) in [6.07, 6.45) is 2.21. The molecule has 27 heavy (non-hydrogen) atoms. The molecule has 1 aromatic carbocycles. The fraction of sp³-hybridized carbons (Fsp3) is 0.316. The van der Waals surface area contributed by atoms with Gasteiger partial charge in [-0.15, -0.1) is 0 Å². The summed E-state index contributed by atoms with van der Waals surface area (Å²) < 4.78 is 18.5. The molecule has 2 rings (SSSR count). The molecule has 0 aliphatic carbocycles. The van der Waals surface area contributed by atoms with Crippen LogP contribution in [0.2, 0.25) is 0 Å². The highest BCUT2D eigenvalue weighted by Gasteiger charge is 2.14. The number of benzene rings is 1. The van der Waals surface area contributed by atoms with Crippen molar-refractivity contribution in [1.29, 1.82) is 0 Å². The number of urea groups is 1. The van der Waals surface area contributed by atoms with Crippen LogP contribution in [0.5, 0.6) is 5.88 Å². The Morgan fingerprint density at radius 3 is 2.67 bits per heavy atom. The fourth-order valence-electron chi connectivity index (χ4n) is 2.45. The lowest BCUT2D eigenvalue weighted by molar-refractivity contribution is -0.137. The van der Waals surface area contributed by atoms with E-state index < -0.39 is 17.8 Å². The standard InChI is InChI=1S/C19H22FN3O4/c20-16-7-4-10-21-18(16)27-12-11-22-19(26)23-15(8-9-17(24)25)13-14-5-2-1-3-6-14/h1-7,10,15H,8-9,11-13H2,(H,24,25)(H2,22,23,26). The number of carbonyl (C=O) groups excluding carboxylic acids is 1. The van der Waals surface area contributed by atoms with E-state index in [1.165, 1.54) is 18.3 Å². The highest BCUT2D eigenvalue weighted by Crippen LogP contribution is 2.10. The van der Waals surface area contributed by atoms with Gasteiger partial charge in [0, 0.05) is 18.7 Å². The fourth-order valence-corrected chi connectivity index (χ4v) is 2.45. The number of hydrogen-bond donors (Lipinski definition) is 3. The van der Waals surface area contributed by atoms with Gasteiger partial charge in [0.05, 0.1) is 6.54 Å². The van der Waals surface area contributed by atoms with Crippen LogP contribution in [-0.2, 0) is 11.2 Å². The van der Waals surface area contributed by atoms with Crippen molar-refractivity contribution in [2.24, 2.45) is 0 Å². The Morgan fingerprint density at radius 1 is 1.19 bits per heavy atom. The molecule has 7 nitrogen and oxygen atoms in total. The lowest BCUT2D eigenvalue weighted by Crippen LogP contribution is -2.44. The van der Waals surface area contributed by atoms with Crippen molar-refractivity contribution >= 4 is 12.0 Å². The summed E-state index contributed by atoms with van der Waals surface area (Å²) in [5.74, 6) is -1.61. The van der Waals surface area contributed by atoms with Crippen LogP contribution in [-0.4, -0.2) is 41.3 Å². The van der Waals surface area contributed by atoms with Crippen LogP contribution in [0, 0.1) is 5.82 Å². The van der Waals surface area contributed by atoms with E-state index in [0.29, 0.717) is 12.8 Å². The molecular formula is C19H22FN3O4. The number of carboxylic acids is 1. The number of halogens is 1. The summed E-state index contributed by atoms with van der Waals surface area (Å²) in [5.41, 5.74) is 1.00. The van der Waals surface area contributed by atoms with E-state index in [1.54, 1.807) is 0 Å². The molecule has 2 aromatic rings. The van der Waals surface area contributed by atoms with E-state index in [2.05, 4.69) is 15.6 Å². The second kappa shape index (κ2) is 10.7. The van der Waals surface area contributed by atoms with E-state index in [9.17, 15) is 14.0 Å². The van der Waals surface area contributed by atoms with Gasteiger partial charge in [-0.05, 0) is 30.5 Å². The molecule has 144 valence electrons. The van der Waals surface area contributed by atoms with E-state index in [1.807, 2.05) is 30.3 Å². The lowest BCUT2D eigenvalue weighted by atomic mass is 10.0. The van der Waals surface area contributed by atoms with Gasteiger partial charge in [0.15, 0.2) is 5.82 Å². The maximum absolute atomic E-state index is 13.4. The minimum absolute atomic E-state index is 0.0418. The van der Waals surface area contributed by atoms with Crippen LogP contribution in [0.3, 0.4) is 0 Å². The lowest BCUT2D eigenvalue weighted by Gasteiger charge is -2.19. The molecule has 1 atom stereocenters. The summed E-state index contributed by atoms with van der Waals surface area (Å²) in [6, 6.07) is 11.4. The van der Waals surface area contributed by atoms with Crippen LogP contribution >= 0.6 is 0 Å². The van der Waals surface area contributed by atoms with Gasteiger partial charge in [-0.1, -0.05) is 30.3 Å². The summed E-state index contributed by atoms with van der Waals surface area (Å²) in [6.45, 7) is 0.207. The Balaban J connectivity index is 1.78. The summed E-state index contributed by atoms with van der Waals surface area (Å²) in [7, 11) is 0. The molecule has 0 aliphatic rings. The molecule has 1 heterocycles. The van der Waals surface area contributed by atoms with Crippen molar-refractivity contribution in [3.8, 4) is 5.88 Å². The molecule has 1 unspecified atom stereocenters. The third kappa shape index (κ3) is 7.72. The number of hydrogen-bond acceptors (Lipinski definition) is 4. The van der Waals surface area contributed by atoms with Gasteiger partial charge >= 0.3 is 12.0 Å². The molecule has 0 saturated carbocycles. The zero-order valence-corrected chi connectivity index (χ0v) is 14.7. The number of carbonyl (C=O) groups is 2. The zero-order valence-electron chi connectivity index (χ0n) is 14.7. The zero-order chi connectivity index (χ0) is 19.5. The average molecular weight is 375 g/mol. The normalized spacial score (nSPS) is 11.4. The largest absolute Gasteiger partial charge is 0.481 e. The monoisotopic (exact) mass is 375 g/mol. The predicted octanol–water partition coefficient (Wildman–Crippen LogP) is 2.37. The molecule has 2 amide bonds. The number of rotatable bonds is 10. The van der Waals surface area contributed by atoms with Gasteiger partial charge in [-0.2, -0.15) is 0 Å². The third-order valence-electron chi connectivity index (χ3n) is 3.72. The minimum Gasteiger partial charge on any atom is -0.481 e. The van der Waals surface area contributed by atoms with Gasteiger partial charge in [0.25, 0.3) is 0 Å². The highest BCUT2D eigenvalue weighted by atomic mass is 19.1. The second-order valence-electron chi connectivity index (χ2n) is 5.86. The number of pyridine rings is 1. The number of nitrogens with zero attached hydrogens (tertiary/aromatic N) is 1. The van der Waals surface area contributed by atoms with Crippen molar-refractivity contribution in [3.05, 3.63) is 60.0 Å². The Labute approximate surface area is 156 Å². The average Bonchev–Trinajstić information content (AvgIpc) is 2.65. The molecule has 0 radical (unpaired) electrons. The maximum Gasteiger partial charge on any atom is 0.315 e. The first-order valence-electron chi connectivity index (χ1n) is 8.58. The van der Waals surface area contributed by atoms with Crippen LogP contribution < -0.4 is 15.4 Å². The summed E-state index contributed by atoms with van der Waals surface area (Å²) >= 11 is 0. The molecule has 1 aromatic heterocycles. The number of ether oxygens (including phenoxy) is 1. The van der Waals surface area contributed by atoms with E-state index in [0.717, 1.165) is 5.56 Å². The molecule has 8 heteroatoms. The van der Waals surface area contributed by atoms with Crippen LogP contribution in [0.4, 0.5) is 9.18 Å². The number of nitrogens with one attached hydrogen (secondary N) is 2. The first-order chi connectivity index (χ1) is 13.0. The topological polar surface area (TPSA) is 101 Å². The Kier molecular flexibility index (Phi) is 8.02. The Bertz CT molecular complexity index is 743. The first kappa shape index (κ1) is 20.2. The number of carboxylic acid groups (broad SMARTS) is 1. The third-order valence-corrected chi connectivity index (χ3v) is 3.72. The van der Waals surface area contributed by atoms with Gasteiger partial charge in [-0.3, -0.25) is 4.79 Å². The van der Waals surface area contributed by atoms with Crippen LogP contribution in [0.1, 0.15) is 18.4 Å². The quantitative estimate of drug-likeness (QED) is 0.554. The molecule has 3 N–H and O–H groups in total. The van der Waals surface area contributed by atoms with Crippen molar-refractivity contribution in [2.45, 2.75) is 25.3 Å². The van der Waals surface area contributed by atoms with E-state index >= 15 is 0 Å². The number of aliphatic carboxylic acids is 1. The highest BCUT2D eigenvalue weighted by molar-refractivity contribution is 5.74. The maximum atomic E-state index is 13.4. The Morgan fingerprint density at radius 2 is 1.96 bits per heavy atom. The van der Waals surface area contributed by atoms with Crippen LogP contribution in [0.15, 0.2) is 48.7 Å². The molecule has 0 aliphatic heterocycles. The van der Waals surface area contributed by atoms with E-state index in [4.69, 9.17) is 9.84 Å². The SMILES string of the molecule is O=C(O)CCC(Cc1ccccc1)NC(=O)NCCOc1ncccc1F. The van der Waals surface area contributed by atoms with Crippen molar-refractivity contribution < 1.29 is 23.8 Å². The van der Waals surface area contributed by atoms with Crippen molar-refractivity contribution in [1.82, 2.24) is 15.6 Å². The molecule has 0 spiro atoms. The van der Waals surface area contributed by atoms with Gasteiger partial charge in [0.1, 0.15) is 6.61 Å². The Hall–Kier alpha value is -3.16. The number of aromatic nitrogens is 1. The number of amides is 2. The predicted molar refractivity (Wildman–Crippen MR) is 97.0 cm³/mol. The minimum atomic E-state index is -0.916. The smallest absolute Gasteiger partial charge is 0.315 e. The molecular weight excluding hydrogens is 353 g/mol. The van der Waals surface area contributed by atoms with E-state index in [-0.39, 0.29) is 31.5 Å². The first-order valence-corrected chi connectivity index (χ1v) is 8.58. The second-order valence-corrected chi connectivity index (χ2v) is 5.86. The van der Waals surface area contributed by atoms with Crippen molar-refractivity contribution in [2.75, 3.05) is 13.2 Å². The molecule has 0 fully saturated rings.